The van der Waals surface area contributed by atoms with Gasteiger partial charge in [0.15, 0.2) is 5.79 Å². The molecule has 2 fully saturated rings. The van der Waals surface area contributed by atoms with Crippen LogP contribution < -0.4 is 5.32 Å². The number of halogens is 1. The fraction of sp³-hybridized carbons (Fsp3) is 1.00. The van der Waals surface area contributed by atoms with Gasteiger partial charge in [-0.15, -0.1) is 11.6 Å². The van der Waals surface area contributed by atoms with E-state index in [1.807, 2.05) is 0 Å². The van der Waals surface area contributed by atoms with E-state index in [-0.39, 0.29) is 11.2 Å². The molecule has 0 saturated carbocycles. The predicted octanol–water partition coefficient (Wildman–Crippen LogP) is 0.330. The highest BCUT2D eigenvalue weighted by Crippen LogP contribution is 2.26. The standard InChI is InChI=1S/C7H12ClNO2/c8-6-3-10-7(11-4-6)1-2-9-5-7/h6,9H,1-5H2. The minimum atomic E-state index is -0.342. The van der Waals surface area contributed by atoms with Crippen molar-refractivity contribution in [1.82, 2.24) is 5.32 Å². The van der Waals surface area contributed by atoms with E-state index in [0.717, 1.165) is 19.5 Å². The molecule has 64 valence electrons. The third-order valence-electron chi connectivity index (χ3n) is 2.13. The fourth-order valence-corrected chi connectivity index (χ4v) is 1.59. The summed E-state index contributed by atoms with van der Waals surface area (Å²) < 4.78 is 11.0. The van der Waals surface area contributed by atoms with Crippen LogP contribution in [0.4, 0.5) is 0 Å². The third-order valence-corrected chi connectivity index (χ3v) is 2.38. The van der Waals surface area contributed by atoms with Crippen molar-refractivity contribution in [1.29, 1.82) is 0 Å². The van der Waals surface area contributed by atoms with Gasteiger partial charge >= 0.3 is 0 Å². The molecule has 4 heteroatoms. The maximum Gasteiger partial charge on any atom is 0.182 e. The third kappa shape index (κ3) is 1.51. The highest BCUT2D eigenvalue weighted by atomic mass is 35.5. The largest absolute Gasteiger partial charge is 0.347 e. The van der Waals surface area contributed by atoms with Crippen molar-refractivity contribution in [3.63, 3.8) is 0 Å². The molecule has 0 atom stereocenters. The van der Waals surface area contributed by atoms with Crippen LogP contribution in [-0.4, -0.2) is 37.5 Å². The van der Waals surface area contributed by atoms with Gasteiger partial charge in [-0.05, 0) is 0 Å². The minimum absolute atomic E-state index is 0.0289. The second-order valence-electron chi connectivity index (χ2n) is 3.06. The summed E-state index contributed by atoms with van der Waals surface area (Å²) in [5, 5.41) is 3.23. The Hall–Kier alpha value is 0.170. The Kier molecular flexibility index (Phi) is 2.06. The van der Waals surface area contributed by atoms with Crippen molar-refractivity contribution in [3.05, 3.63) is 0 Å². The second kappa shape index (κ2) is 2.90. The lowest BCUT2D eigenvalue weighted by Gasteiger charge is -2.34. The van der Waals surface area contributed by atoms with E-state index < -0.39 is 0 Å². The van der Waals surface area contributed by atoms with E-state index in [2.05, 4.69) is 5.32 Å². The Morgan fingerprint density at radius 3 is 2.64 bits per heavy atom. The first kappa shape index (κ1) is 7.80. The van der Waals surface area contributed by atoms with Crippen LogP contribution in [0.5, 0.6) is 0 Å². The molecule has 0 aromatic rings. The zero-order chi connectivity index (χ0) is 7.73. The summed E-state index contributed by atoms with van der Waals surface area (Å²) in [6, 6.07) is 0. The Labute approximate surface area is 71.0 Å². The Morgan fingerprint density at radius 1 is 1.36 bits per heavy atom. The molecular weight excluding hydrogens is 166 g/mol. The number of alkyl halides is 1. The summed E-state index contributed by atoms with van der Waals surface area (Å²) in [5.74, 6) is -0.342. The van der Waals surface area contributed by atoms with Crippen LogP contribution in [-0.2, 0) is 9.47 Å². The topological polar surface area (TPSA) is 30.5 Å². The van der Waals surface area contributed by atoms with Gasteiger partial charge in [0.1, 0.15) is 0 Å². The van der Waals surface area contributed by atoms with Crippen molar-refractivity contribution in [2.45, 2.75) is 17.6 Å². The molecule has 0 radical (unpaired) electrons. The molecule has 1 N–H and O–H groups in total. The summed E-state index contributed by atoms with van der Waals surface area (Å²) in [5.41, 5.74) is 0. The van der Waals surface area contributed by atoms with Gasteiger partial charge in [-0.3, -0.25) is 0 Å². The highest BCUT2D eigenvalue weighted by molar-refractivity contribution is 6.20. The Morgan fingerprint density at radius 2 is 2.09 bits per heavy atom. The number of ether oxygens (including phenoxy) is 2. The quantitative estimate of drug-likeness (QED) is 0.541. The van der Waals surface area contributed by atoms with Crippen LogP contribution >= 0.6 is 11.6 Å². The predicted molar refractivity (Wildman–Crippen MR) is 41.8 cm³/mol. The van der Waals surface area contributed by atoms with Crippen LogP contribution in [0.25, 0.3) is 0 Å². The molecule has 0 aromatic carbocycles. The van der Waals surface area contributed by atoms with Crippen molar-refractivity contribution in [3.8, 4) is 0 Å². The first-order chi connectivity index (χ1) is 5.31. The molecule has 0 unspecified atom stereocenters. The highest BCUT2D eigenvalue weighted by Gasteiger charge is 2.39. The van der Waals surface area contributed by atoms with Gasteiger partial charge in [0.05, 0.1) is 18.6 Å². The summed E-state index contributed by atoms with van der Waals surface area (Å²) in [6.45, 7) is 3.01. The molecule has 2 saturated heterocycles. The van der Waals surface area contributed by atoms with Crippen LogP contribution in [0.15, 0.2) is 0 Å². The molecule has 0 bridgehead atoms. The molecule has 0 aliphatic carbocycles. The molecule has 2 aliphatic heterocycles. The number of rotatable bonds is 0. The Balaban J connectivity index is 1.94. The molecule has 2 rings (SSSR count). The molecule has 11 heavy (non-hydrogen) atoms. The average molecular weight is 178 g/mol. The summed E-state index contributed by atoms with van der Waals surface area (Å²) in [7, 11) is 0. The van der Waals surface area contributed by atoms with E-state index in [4.69, 9.17) is 21.1 Å². The molecule has 2 aliphatic rings. The van der Waals surface area contributed by atoms with Crippen LogP contribution in [0, 0.1) is 0 Å². The van der Waals surface area contributed by atoms with Crippen LogP contribution in [0.3, 0.4) is 0 Å². The van der Waals surface area contributed by atoms with Gasteiger partial charge in [0.25, 0.3) is 0 Å². The maximum atomic E-state index is 5.81. The van der Waals surface area contributed by atoms with Gasteiger partial charge in [0, 0.05) is 19.5 Å². The SMILES string of the molecule is ClC1COC2(CCNC2)OC1. The summed E-state index contributed by atoms with van der Waals surface area (Å²) in [6.07, 6.45) is 0.941. The van der Waals surface area contributed by atoms with Crippen LogP contribution in [0.2, 0.25) is 0 Å². The summed E-state index contributed by atoms with van der Waals surface area (Å²) in [4.78, 5) is 0. The first-order valence-electron chi connectivity index (χ1n) is 3.93. The molecule has 0 amide bonds. The van der Waals surface area contributed by atoms with Crippen LogP contribution in [0.1, 0.15) is 6.42 Å². The maximum absolute atomic E-state index is 5.81. The van der Waals surface area contributed by atoms with Gasteiger partial charge in [-0.1, -0.05) is 0 Å². The van der Waals surface area contributed by atoms with E-state index in [1.165, 1.54) is 0 Å². The second-order valence-corrected chi connectivity index (χ2v) is 3.67. The number of nitrogens with one attached hydrogen (secondary N) is 1. The van der Waals surface area contributed by atoms with E-state index in [0.29, 0.717) is 13.2 Å². The molecule has 2 heterocycles. The minimum Gasteiger partial charge on any atom is -0.347 e. The number of hydrogen-bond acceptors (Lipinski definition) is 3. The monoisotopic (exact) mass is 177 g/mol. The first-order valence-corrected chi connectivity index (χ1v) is 4.37. The molecular formula is C7H12ClNO2. The molecule has 0 aromatic heterocycles. The van der Waals surface area contributed by atoms with E-state index in [9.17, 15) is 0 Å². The van der Waals surface area contributed by atoms with Crippen molar-refractivity contribution in [2.75, 3.05) is 26.3 Å². The zero-order valence-corrected chi connectivity index (χ0v) is 7.06. The van der Waals surface area contributed by atoms with Crippen molar-refractivity contribution in [2.24, 2.45) is 0 Å². The summed E-state index contributed by atoms with van der Waals surface area (Å²) >= 11 is 5.81. The fourth-order valence-electron chi connectivity index (χ4n) is 1.47. The van der Waals surface area contributed by atoms with E-state index >= 15 is 0 Å². The lowest BCUT2D eigenvalue weighted by molar-refractivity contribution is -0.252. The average Bonchev–Trinajstić information content (AvgIpc) is 2.45. The van der Waals surface area contributed by atoms with Crippen molar-refractivity contribution >= 4 is 11.6 Å². The van der Waals surface area contributed by atoms with Gasteiger partial charge in [-0.2, -0.15) is 0 Å². The van der Waals surface area contributed by atoms with Gasteiger partial charge < -0.3 is 14.8 Å². The number of hydrogen-bond donors (Lipinski definition) is 1. The van der Waals surface area contributed by atoms with E-state index in [1.54, 1.807) is 0 Å². The Bertz CT molecular complexity index is 137. The van der Waals surface area contributed by atoms with Gasteiger partial charge in [-0.25, -0.2) is 0 Å². The lowest BCUT2D eigenvalue weighted by atomic mass is 10.2. The zero-order valence-electron chi connectivity index (χ0n) is 6.31. The van der Waals surface area contributed by atoms with Crippen molar-refractivity contribution < 1.29 is 9.47 Å². The smallest absolute Gasteiger partial charge is 0.182 e. The lowest BCUT2D eigenvalue weighted by Crippen LogP contribution is -2.46. The normalized spacial score (nSPS) is 45.0. The van der Waals surface area contributed by atoms with Gasteiger partial charge in [0.2, 0.25) is 0 Å². The molecule has 3 nitrogen and oxygen atoms in total. The molecule has 1 spiro atoms.